The van der Waals surface area contributed by atoms with Crippen molar-refractivity contribution in [2.75, 3.05) is 26.3 Å². The fourth-order valence-corrected chi connectivity index (χ4v) is 7.19. The van der Waals surface area contributed by atoms with Crippen LogP contribution in [0.4, 0.5) is 0 Å². The summed E-state index contributed by atoms with van der Waals surface area (Å²) in [4.78, 5) is 45.8. The van der Waals surface area contributed by atoms with E-state index in [4.69, 9.17) is 14.6 Å². The summed E-state index contributed by atoms with van der Waals surface area (Å²) < 4.78 is 12.5. The zero-order valence-corrected chi connectivity index (χ0v) is 24.4. The molecule has 0 aliphatic carbocycles. The van der Waals surface area contributed by atoms with E-state index in [0.717, 1.165) is 38.5 Å². The van der Waals surface area contributed by atoms with Crippen molar-refractivity contribution in [1.29, 1.82) is 0 Å². The van der Waals surface area contributed by atoms with Crippen LogP contribution in [0.15, 0.2) is 25.3 Å². The molecule has 3 saturated heterocycles. The Morgan fingerprint density at radius 1 is 1.18 bits per heavy atom. The van der Waals surface area contributed by atoms with Gasteiger partial charge in [-0.25, -0.2) is 0 Å². The Labute approximate surface area is 234 Å². The van der Waals surface area contributed by atoms with Gasteiger partial charge in [0.2, 0.25) is 11.8 Å². The molecule has 0 aromatic rings. The zero-order chi connectivity index (χ0) is 28.6. The van der Waals surface area contributed by atoms with Crippen LogP contribution in [0.2, 0.25) is 0 Å². The Morgan fingerprint density at radius 3 is 2.56 bits per heavy atom. The molecular weight excluding hydrogens is 496 g/mol. The number of aliphatic hydroxyl groups is 1. The molecule has 8 heteroatoms. The highest BCUT2D eigenvalue weighted by Crippen LogP contribution is 2.64. The number of aliphatic hydroxyl groups excluding tert-OH is 1. The second kappa shape index (κ2) is 13.9. The molecule has 0 aromatic heterocycles. The molecule has 220 valence electrons. The van der Waals surface area contributed by atoms with E-state index in [0.29, 0.717) is 45.2 Å². The van der Waals surface area contributed by atoms with Gasteiger partial charge in [-0.2, -0.15) is 0 Å². The van der Waals surface area contributed by atoms with E-state index in [1.165, 1.54) is 0 Å². The summed E-state index contributed by atoms with van der Waals surface area (Å²) in [6.07, 6.45) is 11.6. The van der Waals surface area contributed by atoms with Crippen LogP contribution in [-0.2, 0) is 23.9 Å². The van der Waals surface area contributed by atoms with Crippen LogP contribution in [0.25, 0.3) is 0 Å². The summed E-state index contributed by atoms with van der Waals surface area (Å²) in [5.74, 6) is -2.12. The van der Waals surface area contributed by atoms with Crippen LogP contribution in [-0.4, -0.2) is 82.3 Å². The number of allylic oxidation sites excluding steroid dienone is 1. The maximum atomic E-state index is 14.4. The lowest BCUT2D eigenvalue weighted by Crippen LogP contribution is -2.58. The number of hydrogen-bond acceptors (Lipinski definition) is 6. The molecule has 0 radical (unpaired) electrons. The minimum Gasteiger partial charge on any atom is -0.465 e. The van der Waals surface area contributed by atoms with Crippen LogP contribution < -0.4 is 0 Å². The number of esters is 1. The number of unbranched alkanes of at least 4 members (excludes halogenated alkanes) is 4. The minimum atomic E-state index is -1.04. The number of nitrogens with zero attached hydrogens (tertiary/aromatic N) is 2. The third kappa shape index (κ3) is 5.97. The highest BCUT2D eigenvalue weighted by Gasteiger charge is 2.79. The topological polar surface area (TPSA) is 96.4 Å². The van der Waals surface area contributed by atoms with E-state index in [1.54, 1.807) is 17.1 Å². The first kappa shape index (κ1) is 31.3. The van der Waals surface area contributed by atoms with Crippen LogP contribution in [0, 0.1) is 11.8 Å². The summed E-state index contributed by atoms with van der Waals surface area (Å²) in [7, 11) is 0. The highest BCUT2D eigenvalue weighted by molar-refractivity contribution is 5.98. The van der Waals surface area contributed by atoms with Gasteiger partial charge in [0.25, 0.3) is 0 Å². The van der Waals surface area contributed by atoms with Gasteiger partial charge in [0, 0.05) is 25.7 Å². The fourth-order valence-electron chi connectivity index (χ4n) is 7.19. The molecule has 3 aliphatic rings. The Morgan fingerprint density at radius 2 is 1.92 bits per heavy atom. The van der Waals surface area contributed by atoms with E-state index >= 15 is 0 Å². The Bertz CT molecular complexity index is 892. The van der Waals surface area contributed by atoms with E-state index in [9.17, 15) is 14.4 Å². The molecule has 1 spiro atoms. The van der Waals surface area contributed by atoms with Crippen LogP contribution in [0.1, 0.15) is 91.4 Å². The van der Waals surface area contributed by atoms with Gasteiger partial charge in [-0.3, -0.25) is 14.4 Å². The third-order valence-corrected chi connectivity index (χ3v) is 9.12. The average Bonchev–Trinajstić information content (AvgIpc) is 3.53. The molecule has 2 amide bonds. The van der Waals surface area contributed by atoms with Crippen molar-refractivity contribution in [3.8, 4) is 0 Å². The first-order chi connectivity index (χ1) is 18.8. The van der Waals surface area contributed by atoms with Crippen molar-refractivity contribution in [1.82, 2.24) is 9.80 Å². The number of hydrogen-bond donors (Lipinski definition) is 1. The zero-order valence-electron chi connectivity index (χ0n) is 24.4. The van der Waals surface area contributed by atoms with E-state index in [2.05, 4.69) is 20.1 Å². The standard InChI is InChI=1S/C31H50N2O6/c1-6-10-15-22-38-29(37)25-24-27(35)33(20-13-11-12-14-21-34)26(31(24)18-17-30(25,9-4)39-31)28(36)32(19-8-3)23(5)16-7-2/h6,8,23-26,34H,1,3,7,9-22H2,2,4-5H3/t23?,24-,25+,26?,30-,31?/m0/s1. The van der Waals surface area contributed by atoms with E-state index in [1.807, 2.05) is 18.7 Å². The number of likely N-dealkylation sites (tertiary alicyclic amines) is 1. The first-order valence-electron chi connectivity index (χ1n) is 15.1. The lowest BCUT2D eigenvalue weighted by molar-refractivity contribution is -0.162. The Hall–Kier alpha value is -2.19. The van der Waals surface area contributed by atoms with Gasteiger partial charge in [0.1, 0.15) is 17.6 Å². The van der Waals surface area contributed by atoms with Gasteiger partial charge in [0.05, 0.1) is 18.1 Å². The molecule has 39 heavy (non-hydrogen) atoms. The quantitative estimate of drug-likeness (QED) is 0.155. The lowest BCUT2D eigenvalue weighted by atomic mass is 9.65. The normalized spacial score (nSPS) is 29.8. The average molecular weight is 547 g/mol. The van der Waals surface area contributed by atoms with Crippen LogP contribution in [0.3, 0.4) is 0 Å². The number of ether oxygens (including phenoxy) is 2. The number of fused-ring (bicyclic) bond motifs is 1. The van der Waals surface area contributed by atoms with Gasteiger partial charge < -0.3 is 24.4 Å². The highest BCUT2D eigenvalue weighted by atomic mass is 16.6. The molecule has 3 aliphatic heterocycles. The van der Waals surface area contributed by atoms with Crippen LogP contribution >= 0.6 is 0 Å². The predicted molar refractivity (Wildman–Crippen MR) is 151 cm³/mol. The summed E-state index contributed by atoms with van der Waals surface area (Å²) in [6.45, 7) is 15.0. The van der Waals surface area contributed by atoms with Crippen molar-refractivity contribution in [3.63, 3.8) is 0 Å². The molecule has 8 nitrogen and oxygen atoms in total. The third-order valence-electron chi connectivity index (χ3n) is 9.12. The molecule has 3 fully saturated rings. The molecule has 6 atom stereocenters. The van der Waals surface area contributed by atoms with Crippen molar-refractivity contribution >= 4 is 17.8 Å². The number of carbonyl (C=O) groups is 3. The molecule has 2 bridgehead atoms. The molecule has 0 saturated carbocycles. The molecule has 3 rings (SSSR count). The van der Waals surface area contributed by atoms with E-state index in [-0.39, 0.29) is 37.0 Å². The van der Waals surface area contributed by atoms with Crippen LogP contribution in [0.5, 0.6) is 0 Å². The maximum absolute atomic E-state index is 14.4. The van der Waals surface area contributed by atoms with E-state index < -0.39 is 29.1 Å². The monoisotopic (exact) mass is 546 g/mol. The fraction of sp³-hybridized carbons (Fsp3) is 0.774. The number of amides is 2. The Balaban J connectivity index is 1.98. The largest absolute Gasteiger partial charge is 0.465 e. The van der Waals surface area contributed by atoms with Gasteiger partial charge in [0.15, 0.2) is 0 Å². The number of carbonyl (C=O) groups excluding carboxylic acids is 3. The van der Waals surface area contributed by atoms with Gasteiger partial charge in [-0.05, 0) is 58.3 Å². The second-order valence-corrected chi connectivity index (χ2v) is 11.5. The molecular formula is C31H50N2O6. The molecule has 3 heterocycles. The summed E-state index contributed by atoms with van der Waals surface area (Å²) >= 11 is 0. The second-order valence-electron chi connectivity index (χ2n) is 11.5. The smallest absolute Gasteiger partial charge is 0.312 e. The Kier molecular flexibility index (Phi) is 11.2. The first-order valence-corrected chi connectivity index (χ1v) is 15.1. The molecule has 3 unspecified atom stereocenters. The lowest BCUT2D eigenvalue weighted by Gasteiger charge is -2.39. The van der Waals surface area contributed by atoms with Gasteiger partial charge in [-0.1, -0.05) is 45.3 Å². The van der Waals surface area contributed by atoms with Crippen molar-refractivity contribution in [2.24, 2.45) is 11.8 Å². The summed E-state index contributed by atoms with van der Waals surface area (Å²) in [6, 6.07) is -0.791. The predicted octanol–water partition coefficient (Wildman–Crippen LogP) is 4.41. The van der Waals surface area contributed by atoms with Crippen molar-refractivity contribution in [2.45, 2.75) is 115 Å². The SMILES string of the molecule is C=CCCCOC(=O)[C@H]1[C@H]2C(=O)N(CCCCCCO)C(C(=O)N(CC=C)C(C)CCC)C23CC[C@]1(CC)O3. The summed E-state index contributed by atoms with van der Waals surface area (Å²) in [5.41, 5.74) is -1.83. The minimum absolute atomic E-state index is 0.0122. The van der Waals surface area contributed by atoms with Crippen molar-refractivity contribution in [3.05, 3.63) is 25.3 Å². The van der Waals surface area contributed by atoms with Gasteiger partial charge >= 0.3 is 5.97 Å². The van der Waals surface area contributed by atoms with Crippen molar-refractivity contribution < 1.29 is 29.0 Å². The molecule has 0 aromatic carbocycles. The van der Waals surface area contributed by atoms with Gasteiger partial charge in [-0.15, -0.1) is 13.2 Å². The maximum Gasteiger partial charge on any atom is 0.312 e. The molecule has 1 N–H and O–H groups in total. The summed E-state index contributed by atoms with van der Waals surface area (Å²) in [5, 5.41) is 9.15. The number of rotatable bonds is 18.